The molecule has 6 nitrogen and oxygen atoms in total. The largest absolute Gasteiger partial charge is 0.507 e. The molecule has 0 aromatic heterocycles. The first-order valence-corrected chi connectivity index (χ1v) is 5.85. The molecule has 3 N–H and O–H groups in total. The summed E-state index contributed by atoms with van der Waals surface area (Å²) in [6.07, 6.45) is 0.417. The van der Waals surface area contributed by atoms with E-state index in [4.69, 9.17) is 9.79 Å². The highest BCUT2D eigenvalue weighted by molar-refractivity contribution is 7.46. The topological polar surface area (TPSA) is 104 Å². The van der Waals surface area contributed by atoms with E-state index in [0.717, 1.165) is 0 Å². The molecular weight excluding hydrogens is 235 g/mol. The van der Waals surface area contributed by atoms with Gasteiger partial charge in [0, 0.05) is 0 Å². The summed E-state index contributed by atoms with van der Waals surface area (Å²) in [6, 6.07) is 3.00. The van der Waals surface area contributed by atoms with E-state index in [-0.39, 0.29) is 16.9 Å². The van der Waals surface area contributed by atoms with Crippen LogP contribution in [0, 0.1) is 6.92 Å². The van der Waals surface area contributed by atoms with Crippen LogP contribution in [0.4, 0.5) is 0 Å². The third-order valence-corrected chi connectivity index (χ3v) is 2.48. The molecule has 0 aliphatic heterocycles. The van der Waals surface area contributed by atoms with Crippen molar-refractivity contribution in [1.82, 2.24) is 0 Å². The van der Waals surface area contributed by atoms with Crippen molar-refractivity contribution in [2.24, 2.45) is 0 Å². The minimum atomic E-state index is -4.59. The average Bonchev–Trinajstić information content (AvgIpc) is 2.18. The third-order valence-electron chi connectivity index (χ3n) is 2.02. The van der Waals surface area contributed by atoms with Crippen LogP contribution in [0.3, 0.4) is 0 Å². The molecule has 0 atom stereocenters. The van der Waals surface area contributed by atoms with E-state index in [2.05, 4.69) is 4.52 Å². The fraction of sp³-hybridized carbons (Fsp3) is 0.222. The molecule has 0 heterocycles. The zero-order valence-electron chi connectivity index (χ0n) is 8.45. The van der Waals surface area contributed by atoms with Gasteiger partial charge in [0.2, 0.25) is 0 Å². The second-order valence-electron chi connectivity index (χ2n) is 3.19. The van der Waals surface area contributed by atoms with Crippen molar-refractivity contribution in [2.45, 2.75) is 13.5 Å². The number of phenols is 1. The maximum absolute atomic E-state index is 10.7. The van der Waals surface area contributed by atoms with Gasteiger partial charge in [0.25, 0.3) is 0 Å². The van der Waals surface area contributed by atoms with Gasteiger partial charge in [-0.25, -0.2) is 4.57 Å². The second-order valence-corrected chi connectivity index (χ2v) is 4.43. The van der Waals surface area contributed by atoms with Crippen molar-refractivity contribution in [3.05, 3.63) is 28.8 Å². The van der Waals surface area contributed by atoms with E-state index in [1.807, 2.05) is 0 Å². The minimum absolute atomic E-state index is 0.0200. The predicted molar refractivity (Wildman–Crippen MR) is 55.1 cm³/mol. The quantitative estimate of drug-likeness (QED) is 0.543. The molecule has 0 unspecified atom stereocenters. The first-order chi connectivity index (χ1) is 7.35. The van der Waals surface area contributed by atoms with Gasteiger partial charge in [-0.3, -0.25) is 9.32 Å². The Kier molecular flexibility index (Phi) is 3.83. The molecule has 1 aromatic rings. The fourth-order valence-electron chi connectivity index (χ4n) is 1.17. The summed E-state index contributed by atoms with van der Waals surface area (Å²) in [5.74, 6) is -0.207. The van der Waals surface area contributed by atoms with Crippen LogP contribution in [-0.2, 0) is 15.7 Å². The lowest BCUT2D eigenvalue weighted by Gasteiger charge is -2.09. The summed E-state index contributed by atoms with van der Waals surface area (Å²) >= 11 is 0. The Morgan fingerprint density at radius 3 is 2.56 bits per heavy atom. The molecule has 1 aromatic carbocycles. The molecular formula is C9H11O6P. The lowest BCUT2D eigenvalue weighted by atomic mass is 10.0. The average molecular weight is 246 g/mol. The van der Waals surface area contributed by atoms with Crippen LogP contribution in [0.1, 0.15) is 21.5 Å². The molecule has 0 saturated heterocycles. The summed E-state index contributed by atoms with van der Waals surface area (Å²) in [6.45, 7) is 1.17. The number of aryl methyl sites for hydroxylation is 1. The highest BCUT2D eigenvalue weighted by Gasteiger charge is 2.16. The molecule has 1 rings (SSSR count). The van der Waals surface area contributed by atoms with Crippen molar-refractivity contribution in [2.75, 3.05) is 0 Å². The minimum Gasteiger partial charge on any atom is -0.507 e. The normalized spacial score (nSPS) is 11.4. The first kappa shape index (κ1) is 12.9. The number of rotatable bonds is 4. The maximum Gasteiger partial charge on any atom is 0.469 e. The molecule has 0 bridgehead atoms. The van der Waals surface area contributed by atoms with Crippen molar-refractivity contribution in [3.8, 4) is 5.75 Å². The SMILES string of the molecule is Cc1ccc(COP(=O)(O)O)c(C=O)c1O. The lowest BCUT2D eigenvalue weighted by molar-refractivity contribution is 0.111. The Bertz CT molecular complexity index is 450. The number of phosphoric acid groups is 1. The Hall–Kier alpha value is -1.20. The molecule has 0 radical (unpaired) electrons. The van der Waals surface area contributed by atoms with Gasteiger partial charge in [-0.2, -0.15) is 0 Å². The summed E-state index contributed by atoms with van der Waals surface area (Å²) < 4.78 is 14.7. The first-order valence-electron chi connectivity index (χ1n) is 4.32. The lowest BCUT2D eigenvalue weighted by Crippen LogP contribution is -1.97. The molecule has 0 saturated carbocycles. The monoisotopic (exact) mass is 246 g/mol. The van der Waals surface area contributed by atoms with Gasteiger partial charge in [-0.1, -0.05) is 12.1 Å². The van der Waals surface area contributed by atoms with Gasteiger partial charge in [0.05, 0.1) is 12.2 Å². The Morgan fingerprint density at radius 2 is 2.06 bits per heavy atom. The molecule has 0 spiro atoms. The summed E-state index contributed by atoms with van der Waals surface area (Å²) in [5.41, 5.74) is 0.705. The molecule has 0 aliphatic carbocycles. The number of carbonyl (C=O) groups excluding carboxylic acids is 1. The molecule has 7 heteroatoms. The van der Waals surface area contributed by atoms with Crippen molar-refractivity contribution < 1.29 is 28.8 Å². The number of aldehydes is 1. The van der Waals surface area contributed by atoms with Crippen LogP contribution in [0.2, 0.25) is 0 Å². The fourth-order valence-corrected chi connectivity index (χ4v) is 1.48. The van der Waals surface area contributed by atoms with Gasteiger partial charge in [0.15, 0.2) is 6.29 Å². The van der Waals surface area contributed by atoms with E-state index >= 15 is 0 Å². The second kappa shape index (κ2) is 4.76. The maximum atomic E-state index is 10.7. The summed E-state index contributed by atoms with van der Waals surface area (Å²) in [4.78, 5) is 27.7. The highest BCUT2D eigenvalue weighted by atomic mass is 31.2. The zero-order valence-corrected chi connectivity index (χ0v) is 9.35. The number of hydrogen-bond acceptors (Lipinski definition) is 4. The van der Waals surface area contributed by atoms with E-state index in [9.17, 15) is 14.5 Å². The van der Waals surface area contributed by atoms with E-state index in [1.165, 1.54) is 12.1 Å². The van der Waals surface area contributed by atoms with Crippen LogP contribution in [0.25, 0.3) is 0 Å². The molecule has 0 fully saturated rings. The van der Waals surface area contributed by atoms with Crippen LogP contribution in [-0.4, -0.2) is 21.2 Å². The van der Waals surface area contributed by atoms with Crippen LogP contribution < -0.4 is 0 Å². The van der Waals surface area contributed by atoms with Gasteiger partial charge in [-0.15, -0.1) is 0 Å². The van der Waals surface area contributed by atoms with Crippen molar-refractivity contribution in [3.63, 3.8) is 0 Å². The van der Waals surface area contributed by atoms with Gasteiger partial charge >= 0.3 is 7.82 Å². The standard InChI is InChI=1S/C9H11O6P/c1-6-2-3-7(5-15-16(12,13)14)8(4-10)9(6)11/h2-4,11H,5H2,1H3,(H2,12,13,14). The van der Waals surface area contributed by atoms with Crippen LogP contribution >= 0.6 is 7.82 Å². The van der Waals surface area contributed by atoms with Gasteiger partial charge < -0.3 is 14.9 Å². The number of carbonyl (C=O) groups is 1. The van der Waals surface area contributed by atoms with E-state index in [0.29, 0.717) is 11.8 Å². The number of benzene rings is 1. The van der Waals surface area contributed by atoms with Crippen molar-refractivity contribution in [1.29, 1.82) is 0 Å². The Balaban J connectivity index is 3.01. The van der Waals surface area contributed by atoms with E-state index < -0.39 is 14.4 Å². The summed E-state index contributed by atoms with van der Waals surface area (Å²) in [7, 11) is -4.59. The third kappa shape index (κ3) is 3.15. The highest BCUT2D eigenvalue weighted by Crippen LogP contribution is 2.37. The Morgan fingerprint density at radius 1 is 1.44 bits per heavy atom. The zero-order chi connectivity index (χ0) is 12.3. The number of phosphoric ester groups is 1. The van der Waals surface area contributed by atoms with Gasteiger partial charge in [-0.05, 0) is 18.1 Å². The molecule has 88 valence electrons. The van der Waals surface area contributed by atoms with Crippen LogP contribution in [0.15, 0.2) is 12.1 Å². The van der Waals surface area contributed by atoms with E-state index in [1.54, 1.807) is 6.92 Å². The number of phenolic OH excluding ortho intramolecular Hbond substituents is 1. The number of hydrogen-bond donors (Lipinski definition) is 3. The summed E-state index contributed by atoms with van der Waals surface area (Å²) in [5, 5.41) is 9.53. The van der Waals surface area contributed by atoms with Crippen molar-refractivity contribution >= 4 is 14.1 Å². The van der Waals surface area contributed by atoms with Crippen LogP contribution in [0.5, 0.6) is 5.75 Å². The predicted octanol–water partition coefficient (Wildman–Crippen LogP) is 1.12. The molecule has 0 aliphatic rings. The molecule has 16 heavy (non-hydrogen) atoms. The van der Waals surface area contributed by atoms with Gasteiger partial charge in [0.1, 0.15) is 5.75 Å². The smallest absolute Gasteiger partial charge is 0.469 e. The molecule has 0 amide bonds. The Labute approximate surface area is 91.7 Å². The number of aromatic hydroxyl groups is 1.